The van der Waals surface area contributed by atoms with Gasteiger partial charge < -0.3 is 10.1 Å². The molecule has 0 radical (unpaired) electrons. The van der Waals surface area contributed by atoms with E-state index in [0.29, 0.717) is 17.0 Å². The number of methoxy groups -OCH3 is 1. The molecule has 1 heterocycles. The lowest BCUT2D eigenvalue weighted by atomic mass is 10.0. The first kappa shape index (κ1) is 14.3. The van der Waals surface area contributed by atoms with Crippen molar-refractivity contribution in [2.24, 2.45) is 0 Å². The smallest absolute Gasteiger partial charge is 0.129 e. The zero-order valence-corrected chi connectivity index (χ0v) is 12.3. The highest BCUT2D eigenvalue weighted by molar-refractivity contribution is 7.10. The molecular weight excluding hydrogens is 285 g/mol. The van der Waals surface area contributed by atoms with Crippen LogP contribution in [0.25, 0.3) is 0 Å². The van der Waals surface area contributed by atoms with Crippen LogP contribution in [0.15, 0.2) is 29.6 Å². The molecule has 0 amide bonds. The maximum absolute atomic E-state index is 13.7. The second-order valence-corrected chi connectivity index (χ2v) is 5.55. The maximum atomic E-state index is 13.7. The van der Waals surface area contributed by atoms with Crippen molar-refractivity contribution in [1.29, 1.82) is 0 Å². The third kappa shape index (κ3) is 3.47. The molecule has 1 unspecified atom stereocenters. The summed E-state index contributed by atoms with van der Waals surface area (Å²) in [5.74, 6) is 0.597. The number of nitrogens with one attached hydrogen (secondary N) is 1. The van der Waals surface area contributed by atoms with E-state index in [0.717, 1.165) is 10.6 Å². The van der Waals surface area contributed by atoms with Crippen LogP contribution in [-0.4, -0.2) is 14.2 Å². The lowest BCUT2D eigenvalue weighted by Gasteiger charge is -2.15. The Balaban J connectivity index is 2.21. The molecular formula is C14H15ClFNOS. The van der Waals surface area contributed by atoms with Crippen LogP contribution in [0.2, 0.25) is 5.02 Å². The minimum absolute atomic E-state index is 0.0434. The van der Waals surface area contributed by atoms with E-state index < -0.39 is 0 Å². The predicted octanol–water partition coefficient (Wildman–Crippen LogP) is 4.05. The van der Waals surface area contributed by atoms with Gasteiger partial charge in [-0.25, -0.2) is 4.39 Å². The topological polar surface area (TPSA) is 21.3 Å². The fraction of sp³-hybridized carbons (Fsp3) is 0.286. The Morgan fingerprint density at radius 1 is 1.42 bits per heavy atom. The van der Waals surface area contributed by atoms with Gasteiger partial charge >= 0.3 is 0 Å². The summed E-state index contributed by atoms with van der Waals surface area (Å²) in [7, 11) is 3.50. The first-order chi connectivity index (χ1) is 9.13. The number of hydrogen-bond donors (Lipinski definition) is 1. The maximum Gasteiger partial charge on any atom is 0.129 e. The average molecular weight is 300 g/mol. The third-order valence-electron chi connectivity index (χ3n) is 2.96. The van der Waals surface area contributed by atoms with E-state index in [1.165, 1.54) is 6.07 Å². The number of halogens is 2. The second-order valence-electron chi connectivity index (χ2n) is 4.17. The number of benzene rings is 1. The van der Waals surface area contributed by atoms with Gasteiger partial charge in [0.2, 0.25) is 0 Å². The molecule has 0 bridgehead atoms. The number of thiophene rings is 1. The van der Waals surface area contributed by atoms with Gasteiger partial charge in [0.05, 0.1) is 7.11 Å². The molecule has 0 aliphatic rings. The van der Waals surface area contributed by atoms with Crippen LogP contribution in [0, 0.1) is 5.82 Å². The van der Waals surface area contributed by atoms with Crippen LogP contribution in [-0.2, 0) is 6.42 Å². The Morgan fingerprint density at radius 2 is 2.21 bits per heavy atom. The molecule has 2 aromatic rings. The molecule has 0 fully saturated rings. The minimum Gasteiger partial charge on any atom is -0.496 e. The molecule has 1 aromatic carbocycles. The Hall–Kier alpha value is -1.10. The van der Waals surface area contributed by atoms with Crippen molar-refractivity contribution < 1.29 is 9.13 Å². The van der Waals surface area contributed by atoms with Crippen molar-refractivity contribution in [3.63, 3.8) is 0 Å². The van der Waals surface area contributed by atoms with Gasteiger partial charge in [-0.1, -0.05) is 11.6 Å². The monoisotopic (exact) mass is 299 g/mol. The third-order valence-corrected chi connectivity index (χ3v) is 4.21. The highest BCUT2D eigenvalue weighted by atomic mass is 35.5. The van der Waals surface area contributed by atoms with Crippen LogP contribution >= 0.6 is 22.9 Å². The normalized spacial score (nSPS) is 12.4. The molecule has 1 N–H and O–H groups in total. The first-order valence-electron chi connectivity index (χ1n) is 5.87. The second kappa shape index (κ2) is 6.37. The fourth-order valence-electron chi connectivity index (χ4n) is 1.89. The zero-order chi connectivity index (χ0) is 13.8. The van der Waals surface area contributed by atoms with E-state index in [4.69, 9.17) is 16.3 Å². The van der Waals surface area contributed by atoms with Crippen LogP contribution in [0.4, 0.5) is 4.39 Å². The summed E-state index contributed by atoms with van der Waals surface area (Å²) in [6.07, 6.45) is 0.548. The summed E-state index contributed by atoms with van der Waals surface area (Å²) in [6, 6.07) is 6.64. The molecule has 2 rings (SSSR count). The lowest BCUT2D eigenvalue weighted by Crippen LogP contribution is -2.18. The molecule has 0 aliphatic carbocycles. The largest absolute Gasteiger partial charge is 0.496 e. The molecule has 0 aliphatic heterocycles. The molecule has 0 saturated heterocycles. The van der Waals surface area contributed by atoms with Crippen LogP contribution in [0.5, 0.6) is 5.75 Å². The van der Waals surface area contributed by atoms with Gasteiger partial charge in [0.1, 0.15) is 11.6 Å². The highest BCUT2D eigenvalue weighted by Crippen LogP contribution is 2.29. The average Bonchev–Trinajstić information content (AvgIpc) is 2.88. The summed E-state index contributed by atoms with van der Waals surface area (Å²) in [5.41, 5.74) is 0.610. The Morgan fingerprint density at radius 3 is 2.84 bits per heavy atom. The van der Waals surface area contributed by atoms with Crippen molar-refractivity contribution >= 4 is 22.9 Å². The van der Waals surface area contributed by atoms with Crippen LogP contribution < -0.4 is 10.1 Å². The number of hydrogen-bond acceptors (Lipinski definition) is 3. The number of ether oxygens (including phenoxy) is 1. The Kier molecular flexibility index (Phi) is 4.80. The summed E-state index contributed by atoms with van der Waals surface area (Å²) >= 11 is 7.50. The van der Waals surface area contributed by atoms with E-state index in [1.807, 2.05) is 18.5 Å². The molecule has 5 heteroatoms. The van der Waals surface area contributed by atoms with Crippen molar-refractivity contribution in [3.8, 4) is 5.75 Å². The molecule has 0 saturated carbocycles. The fourth-order valence-corrected chi connectivity index (χ4v) is 3.05. The van der Waals surface area contributed by atoms with E-state index in [-0.39, 0.29) is 11.9 Å². The minimum atomic E-state index is -0.229. The molecule has 1 aromatic heterocycles. The van der Waals surface area contributed by atoms with Gasteiger partial charge in [0.25, 0.3) is 0 Å². The Bertz CT molecular complexity index is 558. The van der Waals surface area contributed by atoms with Gasteiger partial charge in [-0.2, -0.15) is 0 Å². The zero-order valence-electron chi connectivity index (χ0n) is 10.7. The van der Waals surface area contributed by atoms with Gasteiger partial charge in [0.15, 0.2) is 0 Å². The van der Waals surface area contributed by atoms with Gasteiger partial charge in [-0.3, -0.25) is 0 Å². The van der Waals surface area contributed by atoms with Gasteiger partial charge in [0, 0.05) is 21.3 Å². The summed E-state index contributed by atoms with van der Waals surface area (Å²) < 4.78 is 18.9. The van der Waals surface area contributed by atoms with E-state index in [1.54, 1.807) is 30.6 Å². The van der Waals surface area contributed by atoms with E-state index in [2.05, 4.69) is 5.32 Å². The lowest BCUT2D eigenvalue weighted by molar-refractivity contribution is 0.416. The van der Waals surface area contributed by atoms with Crippen molar-refractivity contribution in [2.45, 2.75) is 12.5 Å². The summed E-state index contributed by atoms with van der Waals surface area (Å²) in [5, 5.41) is 5.69. The molecule has 0 spiro atoms. The van der Waals surface area contributed by atoms with Gasteiger partial charge in [-0.15, -0.1) is 11.3 Å². The van der Waals surface area contributed by atoms with Crippen molar-refractivity contribution in [3.05, 3.63) is 50.9 Å². The van der Waals surface area contributed by atoms with Crippen LogP contribution in [0.1, 0.15) is 16.5 Å². The summed E-state index contributed by atoms with van der Waals surface area (Å²) in [4.78, 5) is 1.11. The van der Waals surface area contributed by atoms with Crippen molar-refractivity contribution in [1.82, 2.24) is 5.32 Å². The van der Waals surface area contributed by atoms with E-state index >= 15 is 0 Å². The van der Waals surface area contributed by atoms with Gasteiger partial charge in [-0.05, 0) is 43.3 Å². The van der Waals surface area contributed by atoms with E-state index in [9.17, 15) is 4.39 Å². The molecule has 2 nitrogen and oxygen atoms in total. The number of rotatable bonds is 5. The van der Waals surface area contributed by atoms with Crippen molar-refractivity contribution in [2.75, 3.05) is 14.2 Å². The SMILES string of the molecule is CNC(Cc1cc(Cl)ccc1F)c1cc(OC)cs1. The molecule has 1 atom stereocenters. The Labute approximate surface area is 121 Å². The molecule has 102 valence electrons. The quantitative estimate of drug-likeness (QED) is 0.899. The van der Waals surface area contributed by atoms with Crippen LogP contribution in [0.3, 0.4) is 0 Å². The summed E-state index contributed by atoms with van der Waals surface area (Å²) in [6.45, 7) is 0. The highest BCUT2D eigenvalue weighted by Gasteiger charge is 2.15. The first-order valence-corrected chi connectivity index (χ1v) is 7.13. The standard InChI is InChI=1S/C14H15ClFNOS/c1-17-13(14-7-11(18-2)8-19-14)6-9-5-10(15)3-4-12(9)16/h3-5,7-8,13,17H,6H2,1-2H3. The predicted molar refractivity (Wildman–Crippen MR) is 77.8 cm³/mol. The molecule has 19 heavy (non-hydrogen) atoms. The number of likely N-dealkylation sites (N-methyl/N-ethyl adjacent to an activating group) is 1.